The minimum absolute atomic E-state index is 0.00963. The molecule has 0 fully saturated rings. The molecule has 0 aliphatic carbocycles. The Balaban J connectivity index is 3.15. The van der Waals surface area contributed by atoms with Gasteiger partial charge in [0.1, 0.15) is 0 Å². The molecule has 1 aromatic carbocycles. The molecule has 0 aromatic heterocycles. The number of methoxy groups -OCH3 is 1. The fourth-order valence-electron chi connectivity index (χ4n) is 1.01. The van der Waals surface area contributed by atoms with E-state index in [4.69, 9.17) is 0 Å². The molecule has 17 heavy (non-hydrogen) atoms. The van der Waals surface area contributed by atoms with E-state index in [1.165, 1.54) is 19.2 Å². The maximum absolute atomic E-state index is 12.1. The number of rotatable bonds is 2. The van der Waals surface area contributed by atoms with Crippen molar-refractivity contribution in [3.8, 4) is 5.75 Å². The second kappa shape index (κ2) is 5.26. The van der Waals surface area contributed by atoms with Crippen molar-refractivity contribution in [3.63, 3.8) is 0 Å². The molecule has 0 unspecified atom stereocenters. The summed E-state index contributed by atoms with van der Waals surface area (Å²) in [7, 11) is 1.17. The van der Waals surface area contributed by atoms with Gasteiger partial charge in [-0.2, -0.15) is 0 Å². The number of halogens is 5. The second-order valence-corrected chi connectivity index (χ2v) is 4.52. The van der Waals surface area contributed by atoms with Crippen LogP contribution < -0.4 is 4.74 Å². The molecule has 0 aliphatic rings. The van der Waals surface area contributed by atoms with Gasteiger partial charge in [0, 0.05) is 0 Å². The maximum atomic E-state index is 12.1. The molecule has 0 amide bonds. The molecular formula is C9H5Br2F3O3. The number of hydrogen-bond acceptors (Lipinski definition) is 3. The van der Waals surface area contributed by atoms with Crippen LogP contribution in [0.5, 0.6) is 5.75 Å². The van der Waals surface area contributed by atoms with E-state index in [1.54, 1.807) is 0 Å². The number of alkyl halides is 3. The third kappa shape index (κ3) is 3.88. The van der Waals surface area contributed by atoms with Crippen molar-refractivity contribution in [3.05, 3.63) is 26.6 Å². The first-order chi connectivity index (χ1) is 7.74. The minimum Gasteiger partial charge on any atom is -0.465 e. The highest BCUT2D eigenvalue weighted by Gasteiger charge is 2.33. The molecule has 0 spiro atoms. The SMILES string of the molecule is COC(=O)c1cc(Br)c(OC(F)(F)F)c(Br)c1. The van der Waals surface area contributed by atoms with Gasteiger partial charge in [-0.05, 0) is 44.0 Å². The quantitative estimate of drug-likeness (QED) is 0.733. The van der Waals surface area contributed by atoms with Crippen LogP contribution in [-0.2, 0) is 4.74 Å². The largest absolute Gasteiger partial charge is 0.573 e. The van der Waals surface area contributed by atoms with Crippen LogP contribution in [0, 0.1) is 0 Å². The predicted molar refractivity (Wildman–Crippen MR) is 59.9 cm³/mol. The summed E-state index contributed by atoms with van der Waals surface area (Å²) in [6.45, 7) is 0. The van der Waals surface area contributed by atoms with E-state index in [1.807, 2.05) is 0 Å². The number of hydrogen-bond donors (Lipinski definition) is 0. The van der Waals surface area contributed by atoms with E-state index in [0.29, 0.717) is 0 Å². The van der Waals surface area contributed by atoms with Crippen LogP contribution in [-0.4, -0.2) is 19.4 Å². The third-order valence-electron chi connectivity index (χ3n) is 1.64. The van der Waals surface area contributed by atoms with Gasteiger partial charge in [0.15, 0.2) is 5.75 Å². The Hall–Kier alpha value is -0.760. The molecule has 0 radical (unpaired) electrons. The molecular weight excluding hydrogens is 373 g/mol. The molecule has 1 rings (SSSR count). The summed E-state index contributed by atoms with van der Waals surface area (Å²) in [6, 6.07) is 2.36. The highest BCUT2D eigenvalue weighted by molar-refractivity contribution is 9.11. The smallest absolute Gasteiger partial charge is 0.465 e. The number of benzene rings is 1. The number of ether oxygens (including phenoxy) is 2. The molecule has 0 aliphatic heterocycles. The molecule has 94 valence electrons. The molecule has 3 nitrogen and oxygen atoms in total. The lowest BCUT2D eigenvalue weighted by molar-refractivity contribution is -0.275. The monoisotopic (exact) mass is 376 g/mol. The summed E-state index contributed by atoms with van der Waals surface area (Å²) in [5.41, 5.74) is 0.0979. The predicted octanol–water partition coefficient (Wildman–Crippen LogP) is 3.90. The molecule has 1 aromatic rings. The Morgan fingerprint density at radius 2 is 1.71 bits per heavy atom. The van der Waals surface area contributed by atoms with Gasteiger partial charge in [-0.25, -0.2) is 4.79 Å². The average molecular weight is 378 g/mol. The van der Waals surface area contributed by atoms with Crippen molar-refractivity contribution < 1.29 is 27.4 Å². The molecule has 0 bridgehead atoms. The van der Waals surface area contributed by atoms with E-state index < -0.39 is 18.1 Å². The van der Waals surface area contributed by atoms with E-state index in [0.717, 1.165) is 0 Å². The minimum atomic E-state index is -4.81. The molecule has 0 N–H and O–H groups in total. The zero-order chi connectivity index (χ0) is 13.2. The Bertz CT molecular complexity index is 423. The topological polar surface area (TPSA) is 35.5 Å². The first-order valence-electron chi connectivity index (χ1n) is 4.07. The van der Waals surface area contributed by atoms with Crippen LogP contribution in [0.4, 0.5) is 13.2 Å². The molecule has 0 saturated carbocycles. The van der Waals surface area contributed by atoms with Crippen LogP contribution in [0.2, 0.25) is 0 Å². The Morgan fingerprint density at radius 3 is 2.06 bits per heavy atom. The van der Waals surface area contributed by atoms with Crippen LogP contribution >= 0.6 is 31.9 Å². The fraction of sp³-hybridized carbons (Fsp3) is 0.222. The van der Waals surface area contributed by atoms with Crippen LogP contribution in [0.25, 0.3) is 0 Å². The van der Waals surface area contributed by atoms with Gasteiger partial charge in [-0.3, -0.25) is 0 Å². The Morgan fingerprint density at radius 1 is 1.24 bits per heavy atom. The standard InChI is InChI=1S/C9H5Br2F3O3/c1-16-8(15)4-2-5(10)7(6(11)3-4)17-9(12,13)14/h2-3H,1H3. The van der Waals surface area contributed by atoms with Crippen molar-refractivity contribution in [1.82, 2.24) is 0 Å². The van der Waals surface area contributed by atoms with Gasteiger partial charge in [-0.15, -0.1) is 13.2 Å². The summed E-state index contributed by atoms with van der Waals surface area (Å²) in [6.07, 6.45) is -4.81. The van der Waals surface area contributed by atoms with Gasteiger partial charge >= 0.3 is 12.3 Å². The van der Waals surface area contributed by atoms with E-state index in [9.17, 15) is 18.0 Å². The van der Waals surface area contributed by atoms with Crippen molar-refractivity contribution in [2.24, 2.45) is 0 Å². The van der Waals surface area contributed by atoms with Gasteiger partial charge < -0.3 is 9.47 Å². The number of esters is 1. The molecule has 0 heterocycles. The third-order valence-corrected chi connectivity index (χ3v) is 2.82. The fourth-order valence-corrected chi connectivity index (χ4v) is 2.36. The van der Waals surface area contributed by atoms with E-state index in [2.05, 4.69) is 41.3 Å². The highest BCUT2D eigenvalue weighted by Crippen LogP contribution is 2.38. The second-order valence-electron chi connectivity index (χ2n) is 2.81. The van der Waals surface area contributed by atoms with Gasteiger partial charge in [0.2, 0.25) is 0 Å². The molecule has 0 saturated heterocycles. The average Bonchev–Trinajstić information content (AvgIpc) is 2.20. The van der Waals surface area contributed by atoms with Crippen molar-refractivity contribution in [2.45, 2.75) is 6.36 Å². The molecule has 0 atom stereocenters. The first kappa shape index (κ1) is 14.3. The Labute approximate surface area is 111 Å². The maximum Gasteiger partial charge on any atom is 0.573 e. The normalized spacial score (nSPS) is 11.2. The zero-order valence-electron chi connectivity index (χ0n) is 8.27. The van der Waals surface area contributed by atoms with Crippen molar-refractivity contribution in [2.75, 3.05) is 7.11 Å². The lowest BCUT2D eigenvalue weighted by Gasteiger charge is -2.13. The van der Waals surface area contributed by atoms with E-state index >= 15 is 0 Å². The van der Waals surface area contributed by atoms with Crippen LogP contribution in [0.3, 0.4) is 0 Å². The van der Waals surface area contributed by atoms with Crippen molar-refractivity contribution in [1.29, 1.82) is 0 Å². The summed E-state index contributed by atoms with van der Waals surface area (Å²) in [5.74, 6) is -1.12. The van der Waals surface area contributed by atoms with E-state index in [-0.39, 0.29) is 14.5 Å². The van der Waals surface area contributed by atoms with Gasteiger partial charge in [-0.1, -0.05) is 0 Å². The lowest BCUT2D eigenvalue weighted by atomic mass is 10.2. The van der Waals surface area contributed by atoms with Crippen LogP contribution in [0.15, 0.2) is 21.1 Å². The zero-order valence-corrected chi connectivity index (χ0v) is 11.4. The van der Waals surface area contributed by atoms with Crippen molar-refractivity contribution >= 4 is 37.8 Å². The molecule has 8 heteroatoms. The highest BCUT2D eigenvalue weighted by atomic mass is 79.9. The Kier molecular flexibility index (Phi) is 4.42. The summed E-state index contributed by atoms with van der Waals surface area (Å²) in [5, 5.41) is 0. The summed E-state index contributed by atoms with van der Waals surface area (Å²) in [4.78, 5) is 11.2. The van der Waals surface area contributed by atoms with Gasteiger partial charge in [0.25, 0.3) is 0 Å². The van der Waals surface area contributed by atoms with Gasteiger partial charge in [0.05, 0.1) is 21.6 Å². The first-order valence-corrected chi connectivity index (χ1v) is 5.66. The lowest BCUT2D eigenvalue weighted by Crippen LogP contribution is -2.18. The van der Waals surface area contributed by atoms with Crippen LogP contribution in [0.1, 0.15) is 10.4 Å². The summed E-state index contributed by atoms with van der Waals surface area (Å²) < 4.78 is 44.4. The number of carbonyl (C=O) groups is 1. The summed E-state index contributed by atoms with van der Waals surface area (Å²) >= 11 is 5.77. The number of carbonyl (C=O) groups excluding carboxylic acids is 1.